The number of carbonyl (C=O) groups excluding carboxylic acids is 1. The molecule has 0 aliphatic heterocycles. The highest BCUT2D eigenvalue weighted by atomic mass is 32.2. The van der Waals surface area contributed by atoms with Crippen molar-refractivity contribution in [3.63, 3.8) is 0 Å². The van der Waals surface area contributed by atoms with Crippen LogP contribution in [0.2, 0.25) is 0 Å². The van der Waals surface area contributed by atoms with Gasteiger partial charge in [0.15, 0.2) is 5.76 Å². The number of nitrogens with one attached hydrogen (secondary N) is 2. The standard InChI is InChI=1S/C25H27N3O4S/c1-15-8-10-20(11-9-15)33(30,31)28-27-21-6-5-7-22-23(21)18(4)24(32-22)25(29)26-19-13-16(2)12-17(3)14-19/h8-14,28H,5-7H2,1-4H3,(H,26,29)/b27-21+. The Kier molecular flexibility index (Phi) is 6.12. The van der Waals surface area contributed by atoms with Crippen molar-refractivity contribution in [2.45, 2.75) is 51.9 Å². The summed E-state index contributed by atoms with van der Waals surface area (Å²) in [6, 6.07) is 12.4. The third kappa shape index (κ3) is 4.85. The molecular formula is C25H27N3O4S. The molecule has 1 heterocycles. The molecule has 0 atom stereocenters. The number of amides is 1. The lowest BCUT2D eigenvalue weighted by Crippen LogP contribution is -2.22. The van der Waals surface area contributed by atoms with Gasteiger partial charge in [-0.3, -0.25) is 4.79 Å². The zero-order valence-electron chi connectivity index (χ0n) is 19.2. The predicted octanol–water partition coefficient (Wildman–Crippen LogP) is 4.78. The molecule has 1 aromatic heterocycles. The van der Waals surface area contributed by atoms with Crippen molar-refractivity contribution in [3.8, 4) is 0 Å². The van der Waals surface area contributed by atoms with Crippen LogP contribution in [-0.4, -0.2) is 20.0 Å². The first kappa shape index (κ1) is 22.8. The van der Waals surface area contributed by atoms with E-state index in [4.69, 9.17) is 4.42 Å². The highest BCUT2D eigenvalue weighted by molar-refractivity contribution is 7.89. The first-order valence-corrected chi connectivity index (χ1v) is 12.3. The summed E-state index contributed by atoms with van der Waals surface area (Å²) in [7, 11) is -3.80. The minimum Gasteiger partial charge on any atom is -0.455 e. The highest BCUT2D eigenvalue weighted by Crippen LogP contribution is 2.30. The van der Waals surface area contributed by atoms with Gasteiger partial charge in [0, 0.05) is 23.2 Å². The van der Waals surface area contributed by atoms with E-state index < -0.39 is 10.0 Å². The number of carbonyl (C=O) groups is 1. The van der Waals surface area contributed by atoms with Crippen molar-refractivity contribution in [3.05, 3.63) is 81.8 Å². The van der Waals surface area contributed by atoms with Crippen LogP contribution >= 0.6 is 0 Å². The number of anilines is 1. The molecule has 0 fully saturated rings. The van der Waals surface area contributed by atoms with E-state index in [0.29, 0.717) is 41.1 Å². The summed E-state index contributed by atoms with van der Waals surface area (Å²) < 4.78 is 31.2. The van der Waals surface area contributed by atoms with Gasteiger partial charge in [-0.2, -0.15) is 18.4 Å². The first-order chi connectivity index (χ1) is 15.6. The molecule has 2 aromatic carbocycles. The number of hydrogen-bond acceptors (Lipinski definition) is 5. The average Bonchev–Trinajstić information content (AvgIpc) is 3.09. The fourth-order valence-electron chi connectivity index (χ4n) is 4.12. The number of nitrogens with zero attached hydrogens (tertiary/aromatic N) is 1. The second kappa shape index (κ2) is 8.86. The van der Waals surface area contributed by atoms with Crippen molar-refractivity contribution in [1.82, 2.24) is 4.83 Å². The minimum atomic E-state index is -3.80. The number of hydrazone groups is 1. The van der Waals surface area contributed by atoms with Crippen LogP contribution < -0.4 is 10.1 Å². The molecule has 0 saturated carbocycles. The maximum absolute atomic E-state index is 13.0. The third-order valence-electron chi connectivity index (χ3n) is 5.64. The van der Waals surface area contributed by atoms with Crippen molar-refractivity contribution in [1.29, 1.82) is 0 Å². The molecule has 0 saturated heterocycles. The van der Waals surface area contributed by atoms with Crippen LogP contribution in [0, 0.1) is 27.7 Å². The summed E-state index contributed by atoms with van der Waals surface area (Å²) in [5.74, 6) is 0.527. The lowest BCUT2D eigenvalue weighted by atomic mass is 9.93. The van der Waals surface area contributed by atoms with Gasteiger partial charge in [0.05, 0.1) is 10.6 Å². The number of sulfonamides is 1. The average molecular weight is 466 g/mol. The molecule has 33 heavy (non-hydrogen) atoms. The van der Waals surface area contributed by atoms with Gasteiger partial charge in [-0.05, 0) is 75.9 Å². The Morgan fingerprint density at radius 2 is 1.61 bits per heavy atom. The van der Waals surface area contributed by atoms with E-state index in [1.54, 1.807) is 31.2 Å². The number of aryl methyl sites for hydroxylation is 4. The minimum absolute atomic E-state index is 0.144. The number of furan rings is 1. The summed E-state index contributed by atoms with van der Waals surface area (Å²) in [6.07, 6.45) is 2.00. The SMILES string of the molecule is Cc1ccc(S(=O)(=O)N/N=C2\CCCc3oc(C(=O)Nc4cc(C)cc(C)c4)c(C)c32)cc1. The van der Waals surface area contributed by atoms with Gasteiger partial charge in [-0.1, -0.05) is 23.8 Å². The van der Waals surface area contributed by atoms with Gasteiger partial charge in [-0.25, -0.2) is 0 Å². The van der Waals surface area contributed by atoms with Crippen molar-refractivity contribution in [2.24, 2.45) is 5.10 Å². The van der Waals surface area contributed by atoms with Gasteiger partial charge in [-0.15, -0.1) is 0 Å². The molecule has 3 aromatic rings. The molecule has 172 valence electrons. The number of hydrogen-bond donors (Lipinski definition) is 2. The molecule has 0 bridgehead atoms. The Labute approximate surface area is 194 Å². The summed E-state index contributed by atoms with van der Waals surface area (Å²) in [5, 5.41) is 7.13. The van der Waals surface area contributed by atoms with E-state index in [0.717, 1.165) is 23.1 Å². The topological polar surface area (TPSA) is 101 Å². The lowest BCUT2D eigenvalue weighted by Gasteiger charge is -2.14. The molecule has 0 spiro atoms. The van der Waals surface area contributed by atoms with Gasteiger partial charge in [0.2, 0.25) is 0 Å². The van der Waals surface area contributed by atoms with Crippen molar-refractivity contribution >= 4 is 27.3 Å². The predicted molar refractivity (Wildman–Crippen MR) is 128 cm³/mol. The quantitative estimate of drug-likeness (QED) is 0.529. The van der Waals surface area contributed by atoms with E-state index in [9.17, 15) is 13.2 Å². The van der Waals surface area contributed by atoms with Crippen LogP contribution in [0.1, 0.15) is 57.0 Å². The van der Waals surface area contributed by atoms with Gasteiger partial charge < -0.3 is 9.73 Å². The first-order valence-electron chi connectivity index (χ1n) is 10.8. The van der Waals surface area contributed by atoms with Crippen LogP contribution in [0.15, 0.2) is 56.9 Å². The fraction of sp³-hybridized carbons (Fsp3) is 0.280. The summed E-state index contributed by atoms with van der Waals surface area (Å²) in [6.45, 7) is 7.64. The Morgan fingerprint density at radius 3 is 2.27 bits per heavy atom. The Balaban J connectivity index is 1.60. The third-order valence-corrected chi connectivity index (χ3v) is 6.87. The van der Waals surface area contributed by atoms with Crippen LogP contribution in [0.4, 0.5) is 5.69 Å². The van der Waals surface area contributed by atoms with E-state index in [2.05, 4.69) is 15.2 Å². The zero-order valence-corrected chi connectivity index (χ0v) is 20.0. The fourth-order valence-corrected chi connectivity index (χ4v) is 4.95. The second-order valence-electron chi connectivity index (χ2n) is 8.50. The lowest BCUT2D eigenvalue weighted by molar-refractivity contribution is 0.0994. The van der Waals surface area contributed by atoms with Crippen molar-refractivity contribution < 1.29 is 17.6 Å². The maximum Gasteiger partial charge on any atom is 0.291 e. The molecule has 1 amide bonds. The van der Waals surface area contributed by atoms with Crippen LogP contribution in [0.5, 0.6) is 0 Å². The monoisotopic (exact) mass is 465 g/mol. The Bertz CT molecular complexity index is 1330. The van der Waals surface area contributed by atoms with Crippen LogP contribution in [-0.2, 0) is 16.4 Å². The Morgan fingerprint density at radius 1 is 0.939 bits per heavy atom. The molecule has 8 heteroatoms. The molecule has 1 aliphatic carbocycles. The molecule has 2 N–H and O–H groups in total. The highest BCUT2D eigenvalue weighted by Gasteiger charge is 2.28. The summed E-state index contributed by atoms with van der Waals surface area (Å²) in [4.78, 5) is 15.4. The maximum atomic E-state index is 13.0. The zero-order chi connectivity index (χ0) is 23.8. The number of fused-ring (bicyclic) bond motifs is 1. The van der Waals surface area contributed by atoms with E-state index in [1.165, 1.54) is 0 Å². The molecular weight excluding hydrogens is 438 g/mol. The van der Waals surface area contributed by atoms with Gasteiger partial charge in [0.1, 0.15) is 5.76 Å². The van der Waals surface area contributed by atoms with Crippen molar-refractivity contribution in [2.75, 3.05) is 5.32 Å². The normalized spacial score (nSPS) is 14.7. The summed E-state index contributed by atoms with van der Waals surface area (Å²) in [5.41, 5.74) is 5.70. The molecule has 7 nitrogen and oxygen atoms in total. The van der Waals surface area contributed by atoms with Gasteiger partial charge >= 0.3 is 0 Å². The van der Waals surface area contributed by atoms with E-state index >= 15 is 0 Å². The molecule has 4 rings (SSSR count). The smallest absolute Gasteiger partial charge is 0.291 e. The van der Waals surface area contributed by atoms with Crippen LogP contribution in [0.25, 0.3) is 0 Å². The number of rotatable bonds is 5. The largest absolute Gasteiger partial charge is 0.455 e. The van der Waals surface area contributed by atoms with Gasteiger partial charge in [0.25, 0.3) is 15.9 Å². The Hall–Kier alpha value is -3.39. The van der Waals surface area contributed by atoms with E-state index in [-0.39, 0.29) is 16.6 Å². The number of benzene rings is 2. The molecule has 0 unspecified atom stereocenters. The van der Waals surface area contributed by atoms with E-state index in [1.807, 2.05) is 39.0 Å². The van der Waals surface area contributed by atoms with Crippen LogP contribution in [0.3, 0.4) is 0 Å². The molecule has 1 aliphatic rings. The second-order valence-corrected chi connectivity index (χ2v) is 10.2. The molecule has 0 radical (unpaired) electrons. The summed E-state index contributed by atoms with van der Waals surface area (Å²) >= 11 is 0.